The monoisotopic (exact) mass is 509 g/mol. The van der Waals surface area contributed by atoms with Crippen LogP contribution in [0.2, 0.25) is 0 Å². The Labute approximate surface area is 222 Å². The van der Waals surface area contributed by atoms with Gasteiger partial charge in [-0.05, 0) is 61.4 Å². The summed E-state index contributed by atoms with van der Waals surface area (Å²) in [5.41, 5.74) is 4.80. The summed E-state index contributed by atoms with van der Waals surface area (Å²) in [4.78, 5) is 24.5. The molecule has 0 saturated heterocycles. The number of nitrogens with one attached hydrogen (secondary N) is 1. The highest BCUT2D eigenvalue weighted by Crippen LogP contribution is 2.48. The lowest BCUT2D eigenvalue weighted by molar-refractivity contribution is -0.140. The lowest BCUT2D eigenvalue weighted by Crippen LogP contribution is -2.19. The number of aliphatic carboxylic acids is 1. The Balaban J connectivity index is 1.35. The van der Waals surface area contributed by atoms with Crippen LogP contribution in [0.4, 0.5) is 10.6 Å². The molecule has 0 aliphatic heterocycles. The Bertz CT molecular complexity index is 1440. The van der Waals surface area contributed by atoms with E-state index in [-0.39, 0.29) is 6.04 Å². The average molecular weight is 510 g/mol. The van der Waals surface area contributed by atoms with E-state index in [1.54, 1.807) is 10.9 Å². The highest BCUT2D eigenvalue weighted by molar-refractivity contribution is 5.90. The minimum absolute atomic E-state index is 0.0314. The molecule has 1 atom stereocenters. The highest BCUT2D eigenvalue weighted by atomic mass is 16.6. The Morgan fingerprint density at radius 1 is 0.895 bits per heavy atom. The number of aromatic nitrogens is 2. The third-order valence-corrected chi connectivity index (χ3v) is 7.18. The molecule has 1 fully saturated rings. The Morgan fingerprint density at radius 3 is 2.03 bits per heavy atom. The van der Waals surface area contributed by atoms with Gasteiger partial charge >= 0.3 is 12.1 Å². The number of carbonyl (C=O) groups is 2. The first-order valence-corrected chi connectivity index (χ1v) is 12.8. The Hall–Kier alpha value is -4.39. The van der Waals surface area contributed by atoms with Crippen molar-refractivity contribution in [2.75, 3.05) is 5.32 Å². The first kappa shape index (κ1) is 25.3. The third-order valence-electron chi connectivity index (χ3n) is 7.18. The second kappa shape index (κ2) is 10.2. The maximum Gasteiger partial charge on any atom is 0.413 e. The number of carboxylic acid groups (broad SMARTS) is 1. The number of amides is 1. The molecule has 1 saturated carbocycles. The summed E-state index contributed by atoms with van der Waals surface area (Å²) in [6, 6.07) is 25.4. The van der Waals surface area contributed by atoms with Crippen LogP contribution in [0, 0.1) is 0 Å². The Morgan fingerprint density at radius 2 is 1.47 bits per heavy atom. The molecule has 0 radical (unpaired) electrons. The molecule has 0 bridgehead atoms. The average Bonchev–Trinajstić information content (AvgIpc) is 3.64. The normalized spacial score (nSPS) is 14.6. The van der Waals surface area contributed by atoms with E-state index in [2.05, 4.69) is 10.4 Å². The van der Waals surface area contributed by atoms with Crippen molar-refractivity contribution in [2.24, 2.45) is 0 Å². The van der Waals surface area contributed by atoms with Crippen LogP contribution in [0.3, 0.4) is 0 Å². The molecule has 7 nitrogen and oxygen atoms in total. The lowest BCUT2D eigenvalue weighted by atomic mass is 9.93. The van der Waals surface area contributed by atoms with Gasteiger partial charge in [-0.1, -0.05) is 78.9 Å². The van der Waals surface area contributed by atoms with Crippen LogP contribution in [-0.2, 0) is 14.9 Å². The van der Waals surface area contributed by atoms with E-state index in [4.69, 9.17) is 4.74 Å². The minimum atomic E-state index is -0.751. The zero-order valence-electron chi connectivity index (χ0n) is 21.7. The number of hydrogen-bond acceptors (Lipinski definition) is 4. The van der Waals surface area contributed by atoms with Gasteiger partial charge in [0.25, 0.3) is 0 Å². The maximum absolute atomic E-state index is 12.8. The van der Waals surface area contributed by atoms with E-state index in [1.807, 2.05) is 99.6 Å². The predicted octanol–water partition coefficient (Wildman–Crippen LogP) is 7.22. The SMILES string of the molecule is CC(OC(=O)Nc1c(-c2ccc(-c3ccc(C4(C(=O)O)CC4)cc3)cc2)cnn1C(C)C)c1ccccc1. The van der Waals surface area contributed by atoms with Gasteiger partial charge in [0.15, 0.2) is 0 Å². The van der Waals surface area contributed by atoms with Gasteiger partial charge in [-0.3, -0.25) is 10.1 Å². The Kier molecular flexibility index (Phi) is 6.76. The van der Waals surface area contributed by atoms with Gasteiger partial charge in [0.1, 0.15) is 11.9 Å². The molecule has 1 aliphatic rings. The zero-order valence-corrected chi connectivity index (χ0v) is 21.7. The van der Waals surface area contributed by atoms with Gasteiger partial charge < -0.3 is 9.84 Å². The molecule has 7 heteroatoms. The van der Waals surface area contributed by atoms with Gasteiger partial charge in [0.2, 0.25) is 0 Å². The number of carbonyl (C=O) groups excluding carboxylic acids is 1. The molecular weight excluding hydrogens is 478 g/mol. The fourth-order valence-electron chi connectivity index (χ4n) is 4.74. The van der Waals surface area contributed by atoms with Crippen LogP contribution in [0.25, 0.3) is 22.3 Å². The summed E-state index contributed by atoms with van der Waals surface area (Å²) in [7, 11) is 0. The quantitative estimate of drug-likeness (QED) is 0.261. The molecule has 1 amide bonds. The van der Waals surface area contributed by atoms with Crippen LogP contribution in [0.15, 0.2) is 85.1 Å². The van der Waals surface area contributed by atoms with Gasteiger partial charge in [-0.25, -0.2) is 9.48 Å². The fourth-order valence-corrected chi connectivity index (χ4v) is 4.74. The van der Waals surface area contributed by atoms with Gasteiger partial charge in [0.05, 0.1) is 11.6 Å². The van der Waals surface area contributed by atoms with E-state index in [1.165, 1.54) is 0 Å². The summed E-state index contributed by atoms with van der Waals surface area (Å²) >= 11 is 0. The summed E-state index contributed by atoms with van der Waals surface area (Å²) in [5, 5.41) is 17.0. The van der Waals surface area contributed by atoms with Crippen LogP contribution in [0.5, 0.6) is 0 Å². The van der Waals surface area contributed by atoms with E-state index < -0.39 is 23.6 Å². The molecule has 194 valence electrons. The second-order valence-electron chi connectivity index (χ2n) is 10.1. The number of benzene rings is 3. The lowest BCUT2D eigenvalue weighted by Gasteiger charge is -2.17. The van der Waals surface area contributed by atoms with E-state index in [9.17, 15) is 14.7 Å². The van der Waals surface area contributed by atoms with E-state index >= 15 is 0 Å². The maximum atomic E-state index is 12.8. The molecule has 0 spiro atoms. The number of ether oxygens (including phenoxy) is 1. The van der Waals surface area contributed by atoms with Gasteiger partial charge in [0, 0.05) is 11.6 Å². The molecule has 3 aromatic carbocycles. The second-order valence-corrected chi connectivity index (χ2v) is 10.1. The van der Waals surface area contributed by atoms with Crippen LogP contribution < -0.4 is 5.32 Å². The van der Waals surface area contributed by atoms with Gasteiger partial charge in [-0.15, -0.1) is 0 Å². The topological polar surface area (TPSA) is 93.4 Å². The van der Waals surface area contributed by atoms with E-state index in [0.29, 0.717) is 18.7 Å². The predicted molar refractivity (Wildman–Crippen MR) is 147 cm³/mol. The number of carboxylic acids is 1. The molecule has 38 heavy (non-hydrogen) atoms. The van der Waals surface area contributed by atoms with Crippen molar-refractivity contribution in [1.29, 1.82) is 0 Å². The minimum Gasteiger partial charge on any atom is -0.481 e. The summed E-state index contributed by atoms with van der Waals surface area (Å²) in [5.74, 6) is -0.176. The fraction of sp³-hybridized carbons (Fsp3) is 0.258. The number of anilines is 1. The number of hydrogen-bond donors (Lipinski definition) is 2. The summed E-state index contributed by atoms with van der Waals surface area (Å²) in [6.07, 6.45) is 2.19. The van der Waals surface area contributed by atoms with Crippen molar-refractivity contribution in [3.8, 4) is 22.3 Å². The summed E-state index contributed by atoms with van der Waals surface area (Å²) < 4.78 is 7.41. The van der Waals surface area contributed by atoms with Crippen molar-refractivity contribution in [1.82, 2.24) is 9.78 Å². The van der Waals surface area contributed by atoms with Crippen molar-refractivity contribution in [3.05, 3.63) is 96.2 Å². The van der Waals surface area contributed by atoms with Crippen LogP contribution in [-0.4, -0.2) is 26.9 Å². The molecular formula is C31H31N3O4. The molecule has 4 aromatic rings. The third kappa shape index (κ3) is 4.92. The molecule has 1 aliphatic carbocycles. The van der Waals surface area contributed by atoms with Crippen molar-refractivity contribution in [2.45, 2.75) is 51.2 Å². The standard InChI is InChI=1S/C31H31N3O4/c1-20(2)34-28(33-30(37)38-21(3)22-7-5-4-6-8-22)27(19-32-34)25-11-9-23(10-12-25)24-13-15-26(16-14-24)31(17-18-31)29(35)36/h4-16,19-21H,17-18H2,1-3H3,(H,33,37)(H,35,36). The number of nitrogens with zero attached hydrogens (tertiary/aromatic N) is 2. The van der Waals surface area contributed by atoms with Crippen molar-refractivity contribution in [3.63, 3.8) is 0 Å². The smallest absolute Gasteiger partial charge is 0.413 e. The van der Waals surface area contributed by atoms with Crippen molar-refractivity contribution >= 4 is 17.9 Å². The van der Waals surface area contributed by atoms with Crippen LogP contribution >= 0.6 is 0 Å². The first-order chi connectivity index (χ1) is 18.3. The molecule has 1 aromatic heterocycles. The molecule has 1 heterocycles. The highest BCUT2D eigenvalue weighted by Gasteiger charge is 2.51. The number of rotatable bonds is 8. The largest absolute Gasteiger partial charge is 0.481 e. The first-order valence-electron chi connectivity index (χ1n) is 12.8. The molecule has 5 rings (SSSR count). The zero-order chi connectivity index (χ0) is 26.9. The van der Waals surface area contributed by atoms with Crippen LogP contribution in [0.1, 0.15) is 56.9 Å². The molecule has 1 unspecified atom stereocenters. The van der Waals surface area contributed by atoms with E-state index in [0.717, 1.165) is 33.4 Å². The summed E-state index contributed by atoms with van der Waals surface area (Å²) in [6.45, 7) is 5.85. The van der Waals surface area contributed by atoms with Crippen molar-refractivity contribution < 1.29 is 19.4 Å². The van der Waals surface area contributed by atoms with Gasteiger partial charge in [-0.2, -0.15) is 5.10 Å². The molecule has 2 N–H and O–H groups in total.